The molecule has 2 nitrogen and oxygen atoms in total. The zero-order valence-electron chi connectivity index (χ0n) is 7.16. The van der Waals surface area contributed by atoms with Gasteiger partial charge in [-0.3, -0.25) is 4.79 Å². The average Bonchev–Trinajstić information content (AvgIpc) is 1.48. The van der Waals surface area contributed by atoms with Gasteiger partial charge in [0.25, 0.3) is 0 Å². The molecule has 0 fully saturated rings. The molecule has 0 rings (SSSR count). The van der Waals surface area contributed by atoms with Crippen molar-refractivity contribution in [2.24, 2.45) is 0 Å². The quantitative estimate of drug-likeness (QED) is 0.615. The highest BCUT2D eigenvalue weighted by atomic mass is 19.4. The summed E-state index contributed by atoms with van der Waals surface area (Å²) in [6.45, 7) is 3.53. The topological polar surface area (TPSA) is 26.3 Å². The minimum atomic E-state index is -4.31. The molecule has 0 aliphatic heterocycles. The summed E-state index contributed by atoms with van der Waals surface area (Å²) in [5.74, 6) is -0.704. The molecule has 0 saturated carbocycles. The Bertz CT molecular complexity index is 172. The van der Waals surface area contributed by atoms with E-state index in [2.05, 4.69) is 4.74 Å². The Balaban J connectivity index is 4.13. The lowest BCUT2D eigenvalue weighted by atomic mass is 10.1. The summed E-state index contributed by atoms with van der Waals surface area (Å²) >= 11 is 0. The summed E-state index contributed by atoms with van der Waals surface area (Å²) in [5, 5.41) is 0. The number of carbonyl (C=O) groups excluding carboxylic acids is 1. The number of esters is 1. The molecule has 5 heteroatoms. The van der Waals surface area contributed by atoms with Crippen molar-refractivity contribution >= 4 is 5.97 Å². The van der Waals surface area contributed by atoms with Crippen molar-refractivity contribution in [3.8, 4) is 0 Å². The molecule has 0 aromatic rings. The van der Waals surface area contributed by atoms with Crippen LogP contribution in [-0.4, -0.2) is 17.7 Å². The van der Waals surface area contributed by atoms with Gasteiger partial charge in [0.15, 0.2) is 0 Å². The minimum absolute atomic E-state index is 0.704. The number of carbonyl (C=O) groups is 1. The first-order valence-electron chi connectivity index (χ1n) is 3.39. The average molecular weight is 184 g/mol. The van der Waals surface area contributed by atoms with Crippen molar-refractivity contribution in [1.29, 1.82) is 0 Å². The van der Waals surface area contributed by atoms with E-state index < -0.39 is 24.2 Å². The fourth-order valence-electron chi connectivity index (χ4n) is 0.908. The number of halogens is 3. The van der Waals surface area contributed by atoms with Crippen LogP contribution < -0.4 is 0 Å². The maximum absolute atomic E-state index is 11.8. The molecule has 0 heterocycles. The highest BCUT2D eigenvalue weighted by Gasteiger charge is 2.38. The molecule has 72 valence electrons. The van der Waals surface area contributed by atoms with Gasteiger partial charge in [-0.25, -0.2) is 0 Å². The molecule has 0 bridgehead atoms. The third kappa shape index (κ3) is 6.00. The van der Waals surface area contributed by atoms with Crippen molar-refractivity contribution in [2.75, 3.05) is 0 Å². The first kappa shape index (κ1) is 11.3. The van der Waals surface area contributed by atoms with E-state index in [0.29, 0.717) is 0 Å². The molecular weight excluding hydrogens is 173 g/mol. The Morgan fingerprint density at radius 1 is 1.33 bits per heavy atom. The second kappa shape index (κ2) is 3.33. The van der Waals surface area contributed by atoms with E-state index in [-0.39, 0.29) is 0 Å². The Kier molecular flexibility index (Phi) is 3.12. The van der Waals surface area contributed by atoms with Gasteiger partial charge >= 0.3 is 12.1 Å². The zero-order chi connectivity index (χ0) is 9.99. The van der Waals surface area contributed by atoms with Gasteiger partial charge in [0.1, 0.15) is 5.60 Å². The highest BCUT2D eigenvalue weighted by Crippen LogP contribution is 2.29. The maximum Gasteiger partial charge on any atom is 0.392 e. The van der Waals surface area contributed by atoms with E-state index in [1.807, 2.05) is 0 Å². The van der Waals surface area contributed by atoms with Crippen LogP contribution in [0.5, 0.6) is 0 Å². The standard InChI is InChI=1S/C7H11F3O2/c1-5(11)12-6(2,3)4-7(8,9)10/h4H2,1-3H3. The molecule has 0 amide bonds. The van der Waals surface area contributed by atoms with E-state index in [1.165, 1.54) is 13.8 Å². The van der Waals surface area contributed by atoms with E-state index in [4.69, 9.17) is 0 Å². The fraction of sp³-hybridized carbons (Fsp3) is 0.857. The van der Waals surface area contributed by atoms with Crippen molar-refractivity contribution in [3.63, 3.8) is 0 Å². The van der Waals surface area contributed by atoms with Gasteiger partial charge in [-0.05, 0) is 13.8 Å². The lowest BCUT2D eigenvalue weighted by molar-refractivity contribution is -0.187. The molecule has 12 heavy (non-hydrogen) atoms. The summed E-state index contributed by atoms with van der Waals surface area (Å²) in [4.78, 5) is 10.4. The van der Waals surface area contributed by atoms with E-state index in [0.717, 1.165) is 6.92 Å². The van der Waals surface area contributed by atoms with E-state index >= 15 is 0 Å². The first-order valence-corrected chi connectivity index (χ1v) is 3.39. The van der Waals surface area contributed by atoms with Crippen molar-refractivity contribution in [1.82, 2.24) is 0 Å². The molecule has 0 aromatic heterocycles. The molecule has 0 spiro atoms. The molecule has 0 N–H and O–H groups in total. The number of ether oxygens (including phenoxy) is 1. The lowest BCUT2D eigenvalue weighted by Crippen LogP contribution is -2.32. The van der Waals surface area contributed by atoms with Gasteiger partial charge in [-0.15, -0.1) is 0 Å². The van der Waals surface area contributed by atoms with Crippen molar-refractivity contribution in [2.45, 2.75) is 39.0 Å². The largest absolute Gasteiger partial charge is 0.459 e. The smallest absolute Gasteiger partial charge is 0.392 e. The molecule has 0 unspecified atom stereocenters. The number of rotatable bonds is 2. The van der Waals surface area contributed by atoms with Crippen LogP contribution in [0.25, 0.3) is 0 Å². The molecule has 0 radical (unpaired) electrons. The molecule has 0 aliphatic rings. The fourth-order valence-corrected chi connectivity index (χ4v) is 0.908. The maximum atomic E-state index is 11.8. The Morgan fingerprint density at radius 3 is 2.00 bits per heavy atom. The Labute approximate surface area is 68.7 Å². The number of alkyl halides is 3. The van der Waals surface area contributed by atoms with Gasteiger partial charge in [0, 0.05) is 6.92 Å². The normalized spacial score (nSPS) is 12.8. The van der Waals surface area contributed by atoms with Gasteiger partial charge in [-0.1, -0.05) is 0 Å². The zero-order valence-corrected chi connectivity index (χ0v) is 7.16. The third-order valence-corrected chi connectivity index (χ3v) is 1.05. The van der Waals surface area contributed by atoms with Gasteiger partial charge in [-0.2, -0.15) is 13.2 Å². The van der Waals surface area contributed by atoms with Crippen LogP contribution in [0.15, 0.2) is 0 Å². The Morgan fingerprint density at radius 2 is 1.75 bits per heavy atom. The van der Waals surface area contributed by atoms with Crippen LogP contribution >= 0.6 is 0 Å². The summed E-state index contributed by atoms with van der Waals surface area (Å²) in [6, 6.07) is 0. The van der Waals surface area contributed by atoms with Crippen LogP contribution in [0.2, 0.25) is 0 Å². The number of hydrogen-bond acceptors (Lipinski definition) is 2. The predicted molar refractivity (Wildman–Crippen MR) is 36.5 cm³/mol. The molecule has 0 aromatic carbocycles. The lowest BCUT2D eigenvalue weighted by Gasteiger charge is -2.25. The van der Waals surface area contributed by atoms with Crippen LogP contribution in [0.4, 0.5) is 13.2 Å². The summed E-state index contributed by atoms with van der Waals surface area (Å²) in [5.41, 5.74) is -1.47. The van der Waals surface area contributed by atoms with Crippen molar-refractivity contribution < 1.29 is 22.7 Å². The van der Waals surface area contributed by atoms with Gasteiger partial charge < -0.3 is 4.74 Å². The third-order valence-electron chi connectivity index (χ3n) is 1.05. The second-order valence-electron chi connectivity index (χ2n) is 3.15. The predicted octanol–water partition coefficient (Wildman–Crippen LogP) is 2.28. The van der Waals surface area contributed by atoms with Crippen LogP contribution in [0, 0.1) is 0 Å². The minimum Gasteiger partial charge on any atom is -0.459 e. The van der Waals surface area contributed by atoms with Crippen LogP contribution in [0.1, 0.15) is 27.2 Å². The van der Waals surface area contributed by atoms with Crippen molar-refractivity contribution in [3.05, 3.63) is 0 Å². The van der Waals surface area contributed by atoms with Crippen LogP contribution in [-0.2, 0) is 9.53 Å². The molecule has 0 atom stereocenters. The van der Waals surface area contributed by atoms with Gasteiger partial charge in [0.2, 0.25) is 0 Å². The number of hydrogen-bond donors (Lipinski definition) is 0. The summed E-state index contributed by atoms with van der Waals surface area (Å²) < 4.78 is 39.9. The molecule has 0 aliphatic carbocycles. The highest BCUT2D eigenvalue weighted by molar-refractivity contribution is 5.66. The van der Waals surface area contributed by atoms with E-state index in [1.54, 1.807) is 0 Å². The Hall–Kier alpha value is -0.740. The summed E-state index contributed by atoms with van der Waals surface area (Å²) in [7, 11) is 0. The van der Waals surface area contributed by atoms with E-state index in [9.17, 15) is 18.0 Å². The monoisotopic (exact) mass is 184 g/mol. The van der Waals surface area contributed by atoms with Crippen LogP contribution in [0.3, 0.4) is 0 Å². The van der Waals surface area contributed by atoms with Gasteiger partial charge in [0.05, 0.1) is 6.42 Å². The SMILES string of the molecule is CC(=O)OC(C)(C)CC(F)(F)F. The molecular formula is C7H11F3O2. The summed E-state index contributed by atoms with van der Waals surface area (Å²) in [6.07, 6.45) is -5.43. The molecule has 0 saturated heterocycles. The first-order chi connectivity index (χ1) is 5.12. The second-order valence-corrected chi connectivity index (χ2v) is 3.15.